The number of carbonyl (C=O) groups excluding carboxylic acids is 1. The van der Waals surface area contributed by atoms with Crippen molar-refractivity contribution < 1.29 is 4.79 Å². The molecule has 26 heavy (non-hydrogen) atoms. The third-order valence-electron chi connectivity index (χ3n) is 4.32. The number of nitrogens with one attached hydrogen (secondary N) is 2. The first-order valence-corrected chi connectivity index (χ1v) is 8.87. The Balaban J connectivity index is 1.84. The highest BCUT2D eigenvalue weighted by molar-refractivity contribution is 6.33. The highest BCUT2D eigenvalue weighted by Crippen LogP contribution is 2.25. The van der Waals surface area contributed by atoms with E-state index in [0.29, 0.717) is 33.1 Å². The lowest BCUT2D eigenvalue weighted by Crippen LogP contribution is -2.36. The van der Waals surface area contributed by atoms with Crippen molar-refractivity contribution in [2.75, 3.05) is 12.4 Å². The zero-order valence-corrected chi connectivity index (χ0v) is 15.3. The van der Waals surface area contributed by atoms with Gasteiger partial charge in [0.05, 0.1) is 11.0 Å². The number of nitrogens with zero attached hydrogens (tertiary/aromatic N) is 3. The number of fused-ring (bicyclic) bond motifs is 1. The number of rotatable bonds is 4. The van der Waals surface area contributed by atoms with E-state index in [9.17, 15) is 4.79 Å². The van der Waals surface area contributed by atoms with Crippen LogP contribution in [0.25, 0.3) is 16.6 Å². The molecule has 0 radical (unpaired) electrons. The summed E-state index contributed by atoms with van der Waals surface area (Å²) in [5, 5.41) is 6.06. The maximum absolute atomic E-state index is 12.1. The number of halogens is 1. The fraction of sp³-hybridized carbons (Fsp3) is 0.333. The van der Waals surface area contributed by atoms with Crippen molar-refractivity contribution in [3.63, 3.8) is 0 Å². The molecule has 2 amide bonds. The van der Waals surface area contributed by atoms with Crippen LogP contribution in [-0.2, 0) is 0 Å². The molecular weight excluding hydrogens is 352 g/mol. The zero-order valence-electron chi connectivity index (χ0n) is 14.5. The number of allylic oxidation sites excluding steroid dienone is 1. The van der Waals surface area contributed by atoms with Crippen molar-refractivity contribution >= 4 is 46.3 Å². The molecule has 8 heteroatoms. The third kappa shape index (κ3) is 4.11. The van der Waals surface area contributed by atoms with Crippen LogP contribution in [0, 0.1) is 0 Å². The van der Waals surface area contributed by atoms with Crippen LogP contribution in [0.5, 0.6) is 0 Å². The predicted molar refractivity (Wildman–Crippen MR) is 106 cm³/mol. The molecule has 0 aliphatic heterocycles. The van der Waals surface area contributed by atoms with Crippen LogP contribution in [-0.4, -0.2) is 35.3 Å². The number of anilines is 1. The fourth-order valence-electron chi connectivity index (χ4n) is 3.05. The van der Waals surface area contributed by atoms with E-state index >= 15 is 0 Å². The lowest BCUT2D eigenvalue weighted by Gasteiger charge is -2.13. The zero-order chi connectivity index (χ0) is 18.5. The van der Waals surface area contributed by atoms with Gasteiger partial charge < -0.3 is 11.1 Å². The molecule has 0 aromatic carbocycles. The lowest BCUT2D eigenvalue weighted by molar-refractivity contribution is 0.248. The van der Waals surface area contributed by atoms with Crippen molar-refractivity contribution in [1.82, 2.24) is 15.3 Å². The van der Waals surface area contributed by atoms with Gasteiger partial charge in [-0.25, -0.2) is 14.8 Å². The molecule has 0 bridgehead atoms. The summed E-state index contributed by atoms with van der Waals surface area (Å²) in [5.41, 5.74) is 8.16. The molecule has 7 nitrogen and oxygen atoms in total. The number of pyridine rings is 2. The molecule has 4 N–H and O–H groups in total. The molecule has 1 fully saturated rings. The second-order valence-electron chi connectivity index (χ2n) is 6.15. The minimum absolute atomic E-state index is 0.244. The summed E-state index contributed by atoms with van der Waals surface area (Å²) >= 11 is 6.26. The summed E-state index contributed by atoms with van der Waals surface area (Å²) in [5.74, 6) is 0.450. The average Bonchev–Trinajstić information content (AvgIpc) is 3.12. The van der Waals surface area contributed by atoms with Crippen LogP contribution >= 0.6 is 11.6 Å². The number of carbonyl (C=O) groups is 1. The SMILES string of the molecule is CN=CC(=CN)c1cc2nc(NC(=O)NC3CCCC3)ccc2nc1Cl. The third-order valence-corrected chi connectivity index (χ3v) is 4.60. The topological polar surface area (TPSA) is 105 Å². The Kier molecular flexibility index (Phi) is 5.68. The number of amides is 2. The van der Waals surface area contributed by atoms with Crippen LogP contribution in [0.4, 0.5) is 10.6 Å². The van der Waals surface area contributed by atoms with Crippen LogP contribution in [0.3, 0.4) is 0 Å². The van der Waals surface area contributed by atoms with Crippen molar-refractivity contribution in [2.24, 2.45) is 10.7 Å². The summed E-state index contributed by atoms with van der Waals surface area (Å²) in [7, 11) is 1.65. The summed E-state index contributed by atoms with van der Waals surface area (Å²) in [6.07, 6.45) is 7.39. The second-order valence-corrected chi connectivity index (χ2v) is 6.51. The summed E-state index contributed by atoms with van der Waals surface area (Å²) < 4.78 is 0. The molecule has 0 saturated heterocycles. The number of hydrogen-bond acceptors (Lipinski definition) is 5. The molecule has 0 spiro atoms. The van der Waals surface area contributed by atoms with Crippen molar-refractivity contribution in [2.45, 2.75) is 31.7 Å². The number of aromatic nitrogens is 2. The standard InChI is InChI=1S/C18H21ClN6O/c1-21-10-11(9-20)13-8-15-14(24-17(13)19)6-7-16(23-15)25-18(26)22-12-4-2-3-5-12/h6-10,12H,2-5,20H2,1H3,(H2,22,23,25,26). The Labute approximate surface area is 156 Å². The normalized spacial score (nSPS) is 15.7. The van der Waals surface area contributed by atoms with Crippen molar-refractivity contribution in [1.29, 1.82) is 0 Å². The van der Waals surface area contributed by atoms with Gasteiger partial charge >= 0.3 is 6.03 Å². The first-order valence-electron chi connectivity index (χ1n) is 8.50. The molecule has 1 aliphatic rings. The van der Waals surface area contributed by atoms with E-state index in [1.165, 1.54) is 6.20 Å². The van der Waals surface area contributed by atoms with Crippen molar-refractivity contribution in [3.05, 3.63) is 35.1 Å². The van der Waals surface area contributed by atoms with Gasteiger partial charge in [-0.05, 0) is 31.0 Å². The monoisotopic (exact) mass is 372 g/mol. The molecular formula is C18H21ClN6O. The Hall–Kier alpha value is -2.67. The number of urea groups is 1. The first-order chi connectivity index (χ1) is 12.6. The van der Waals surface area contributed by atoms with Gasteiger partial charge in [0.25, 0.3) is 0 Å². The molecule has 1 aliphatic carbocycles. The first kappa shape index (κ1) is 18.1. The molecule has 2 aromatic rings. The molecule has 3 rings (SSSR count). The van der Waals surface area contributed by atoms with Gasteiger partial charge in [0.15, 0.2) is 0 Å². The quantitative estimate of drug-likeness (QED) is 0.565. The van der Waals surface area contributed by atoms with E-state index in [1.807, 2.05) is 0 Å². The van der Waals surface area contributed by atoms with Crippen LogP contribution in [0.1, 0.15) is 31.2 Å². The van der Waals surface area contributed by atoms with Crippen molar-refractivity contribution in [3.8, 4) is 0 Å². The Bertz CT molecular complexity index is 873. The minimum Gasteiger partial charge on any atom is -0.404 e. The van der Waals surface area contributed by atoms with Gasteiger partial charge in [0.1, 0.15) is 11.0 Å². The number of aliphatic imine (C=N–C) groups is 1. The molecule has 0 unspecified atom stereocenters. The Morgan fingerprint density at radius 1 is 1.31 bits per heavy atom. The Morgan fingerprint density at radius 3 is 2.77 bits per heavy atom. The van der Waals surface area contributed by atoms with E-state index in [0.717, 1.165) is 25.7 Å². The molecule has 2 heterocycles. The van der Waals surface area contributed by atoms with E-state index in [2.05, 4.69) is 25.6 Å². The van der Waals surface area contributed by atoms with Gasteiger partial charge in [0, 0.05) is 36.6 Å². The number of nitrogens with two attached hydrogens (primary N) is 1. The maximum Gasteiger partial charge on any atom is 0.320 e. The average molecular weight is 373 g/mol. The van der Waals surface area contributed by atoms with Crippen LogP contribution in [0.2, 0.25) is 5.15 Å². The summed E-state index contributed by atoms with van der Waals surface area (Å²) in [6.45, 7) is 0. The lowest BCUT2D eigenvalue weighted by atomic mass is 10.1. The molecule has 136 valence electrons. The smallest absolute Gasteiger partial charge is 0.320 e. The largest absolute Gasteiger partial charge is 0.404 e. The van der Waals surface area contributed by atoms with Crippen LogP contribution < -0.4 is 16.4 Å². The minimum atomic E-state index is -0.244. The predicted octanol–water partition coefficient (Wildman–Crippen LogP) is 3.35. The molecule has 2 aromatic heterocycles. The van der Waals surface area contributed by atoms with E-state index < -0.39 is 0 Å². The van der Waals surface area contributed by atoms with Gasteiger partial charge in [-0.2, -0.15) is 0 Å². The Morgan fingerprint density at radius 2 is 2.08 bits per heavy atom. The van der Waals surface area contributed by atoms with Gasteiger partial charge in [-0.3, -0.25) is 10.3 Å². The maximum atomic E-state index is 12.1. The molecule has 1 saturated carbocycles. The molecule has 0 atom stereocenters. The van der Waals surface area contributed by atoms with Crippen LogP contribution in [0.15, 0.2) is 29.4 Å². The van der Waals surface area contributed by atoms with E-state index in [-0.39, 0.29) is 12.1 Å². The highest BCUT2D eigenvalue weighted by atomic mass is 35.5. The van der Waals surface area contributed by atoms with E-state index in [1.54, 1.807) is 31.5 Å². The summed E-state index contributed by atoms with van der Waals surface area (Å²) in [6, 6.07) is 5.25. The van der Waals surface area contributed by atoms with Gasteiger partial charge in [-0.1, -0.05) is 24.4 Å². The number of hydrogen-bond donors (Lipinski definition) is 3. The van der Waals surface area contributed by atoms with Gasteiger partial charge in [-0.15, -0.1) is 0 Å². The summed E-state index contributed by atoms with van der Waals surface area (Å²) in [4.78, 5) is 24.9. The van der Waals surface area contributed by atoms with Gasteiger partial charge in [0.2, 0.25) is 0 Å². The highest BCUT2D eigenvalue weighted by Gasteiger charge is 2.17. The second kappa shape index (κ2) is 8.14. The fourth-order valence-corrected chi connectivity index (χ4v) is 3.31. The van der Waals surface area contributed by atoms with E-state index in [4.69, 9.17) is 17.3 Å².